The highest BCUT2D eigenvalue weighted by Crippen LogP contribution is 2.33. The molecule has 1 unspecified atom stereocenters. The molecule has 0 spiro atoms. The summed E-state index contributed by atoms with van der Waals surface area (Å²) < 4.78 is 28.5. The molecule has 3 aromatic rings. The van der Waals surface area contributed by atoms with Gasteiger partial charge < -0.3 is 10.2 Å². The molecule has 0 bridgehead atoms. The van der Waals surface area contributed by atoms with Crippen LogP contribution in [0.1, 0.15) is 26.3 Å². The van der Waals surface area contributed by atoms with Crippen molar-refractivity contribution < 1.29 is 18.0 Å². The fraction of sp³-hybridized carbons (Fsp3) is 0.286. The highest BCUT2D eigenvalue weighted by atomic mass is 35.5. The quantitative estimate of drug-likeness (QED) is 0.252. The molecule has 1 N–H and O–H groups in total. The van der Waals surface area contributed by atoms with Crippen LogP contribution in [-0.4, -0.2) is 44.3 Å². The number of carbonyl (C=O) groups is 2. The summed E-state index contributed by atoms with van der Waals surface area (Å²) >= 11 is 24.9. The van der Waals surface area contributed by atoms with Gasteiger partial charge in [-0.25, -0.2) is 8.42 Å². The van der Waals surface area contributed by atoms with Crippen molar-refractivity contribution in [2.75, 3.05) is 17.4 Å². The molecule has 0 heterocycles. The van der Waals surface area contributed by atoms with E-state index in [0.717, 1.165) is 4.31 Å². The number of hydrogen-bond donors (Lipinski definition) is 1. The lowest BCUT2D eigenvalue weighted by Crippen LogP contribution is -2.51. The number of carbonyl (C=O) groups excluding carboxylic acids is 2. The van der Waals surface area contributed by atoms with E-state index in [-0.39, 0.29) is 28.1 Å². The average molecular weight is 645 g/mol. The highest BCUT2D eigenvalue weighted by Gasteiger charge is 2.33. The number of halogens is 4. The predicted molar refractivity (Wildman–Crippen MR) is 162 cm³/mol. The van der Waals surface area contributed by atoms with Crippen molar-refractivity contribution in [3.05, 3.63) is 92.4 Å². The van der Waals surface area contributed by atoms with E-state index < -0.39 is 34.4 Å². The molecule has 0 aliphatic carbocycles. The number of sulfonamides is 1. The van der Waals surface area contributed by atoms with E-state index in [1.54, 1.807) is 37.3 Å². The minimum atomic E-state index is -4.26. The summed E-state index contributed by atoms with van der Waals surface area (Å²) in [5.74, 6) is -0.859. The summed E-state index contributed by atoms with van der Waals surface area (Å²) in [4.78, 5) is 28.3. The Morgan fingerprint density at radius 3 is 2.02 bits per heavy atom. The summed E-state index contributed by atoms with van der Waals surface area (Å²) in [5.41, 5.74) is 0.592. The summed E-state index contributed by atoms with van der Waals surface area (Å²) in [7, 11) is -4.26. The van der Waals surface area contributed by atoms with Crippen molar-refractivity contribution in [2.24, 2.45) is 5.92 Å². The molecule has 0 aliphatic heterocycles. The molecule has 12 heteroatoms. The summed E-state index contributed by atoms with van der Waals surface area (Å²) in [6.07, 6.45) is 0. The second-order valence-corrected chi connectivity index (χ2v) is 13.0. The van der Waals surface area contributed by atoms with Crippen LogP contribution in [0.5, 0.6) is 0 Å². The Hall–Kier alpha value is -2.49. The van der Waals surface area contributed by atoms with Crippen molar-refractivity contribution in [3.8, 4) is 0 Å². The molecule has 2 amide bonds. The van der Waals surface area contributed by atoms with Gasteiger partial charge in [0.25, 0.3) is 10.0 Å². The molecule has 40 heavy (non-hydrogen) atoms. The van der Waals surface area contributed by atoms with Crippen LogP contribution < -0.4 is 9.62 Å². The average Bonchev–Trinajstić information content (AvgIpc) is 2.90. The molecule has 0 radical (unpaired) electrons. The van der Waals surface area contributed by atoms with Gasteiger partial charge in [-0.2, -0.15) is 0 Å². The molecule has 1 atom stereocenters. The van der Waals surface area contributed by atoms with Crippen LogP contribution in [0, 0.1) is 5.92 Å². The number of nitrogens with zero attached hydrogens (tertiary/aromatic N) is 2. The minimum Gasteiger partial charge on any atom is -0.354 e. The first-order valence-electron chi connectivity index (χ1n) is 12.3. The van der Waals surface area contributed by atoms with Crippen LogP contribution in [0.2, 0.25) is 20.1 Å². The first-order chi connectivity index (χ1) is 18.8. The van der Waals surface area contributed by atoms with Gasteiger partial charge in [-0.15, -0.1) is 0 Å². The third-order valence-corrected chi connectivity index (χ3v) is 8.89. The smallest absolute Gasteiger partial charge is 0.264 e. The Labute approximate surface area is 255 Å². The van der Waals surface area contributed by atoms with Gasteiger partial charge in [-0.3, -0.25) is 13.9 Å². The lowest BCUT2D eigenvalue weighted by atomic mass is 10.1. The van der Waals surface area contributed by atoms with Gasteiger partial charge in [-0.1, -0.05) is 84.5 Å². The third kappa shape index (κ3) is 8.04. The Morgan fingerprint density at radius 2 is 1.45 bits per heavy atom. The van der Waals surface area contributed by atoms with Crippen LogP contribution in [0.25, 0.3) is 0 Å². The molecule has 0 saturated heterocycles. The third-order valence-electron chi connectivity index (χ3n) is 6.00. The second kappa shape index (κ2) is 13.9. The van der Waals surface area contributed by atoms with Gasteiger partial charge in [0.2, 0.25) is 11.8 Å². The number of hydrogen-bond acceptors (Lipinski definition) is 4. The molecule has 0 fully saturated rings. The van der Waals surface area contributed by atoms with Gasteiger partial charge in [0, 0.05) is 28.2 Å². The standard InChI is InChI=1S/C28H29Cl4N3O4S/c1-18(2)15-33-28(37)19(3)34(16-20-9-10-21(29)13-24(20)31)27(36)17-35(26-12-11-22(30)14-25(26)32)40(38,39)23-7-5-4-6-8-23/h4-14,18-19H,15-17H2,1-3H3,(H,33,37). The van der Waals surface area contributed by atoms with Crippen molar-refractivity contribution in [2.45, 2.75) is 38.3 Å². The van der Waals surface area contributed by atoms with Gasteiger partial charge in [0.1, 0.15) is 12.6 Å². The summed E-state index contributed by atoms with van der Waals surface area (Å²) in [6, 6.07) is 15.8. The van der Waals surface area contributed by atoms with E-state index in [4.69, 9.17) is 46.4 Å². The zero-order valence-electron chi connectivity index (χ0n) is 22.1. The van der Waals surface area contributed by atoms with Crippen LogP contribution in [-0.2, 0) is 26.2 Å². The first kappa shape index (κ1) is 32.0. The first-order valence-corrected chi connectivity index (χ1v) is 15.3. The maximum Gasteiger partial charge on any atom is 0.264 e. The number of amides is 2. The molecule has 0 aromatic heterocycles. The van der Waals surface area contributed by atoms with Gasteiger partial charge in [0.05, 0.1) is 15.6 Å². The van der Waals surface area contributed by atoms with E-state index in [1.807, 2.05) is 13.8 Å². The maximum atomic E-state index is 14.0. The number of anilines is 1. The van der Waals surface area contributed by atoms with Crippen molar-refractivity contribution in [1.29, 1.82) is 0 Å². The largest absolute Gasteiger partial charge is 0.354 e. The van der Waals surface area contributed by atoms with E-state index in [9.17, 15) is 18.0 Å². The zero-order chi connectivity index (χ0) is 29.6. The Bertz CT molecular complexity index is 1470. The van der Waals surface area contributed by atoms with E-state index >= 15 is 0 Å². The zero-order valence-corrected chi connectivity index (χ0v) is 25.9. The predicted octanol–water partition coefficient (Wildman–Crippen LogP) is 6.69. The van der Waals surface area contributed by atoms with Crippen LogP contribution in [0.15, 0.2) is 71.6 Å². The topological polar surface area (TPSA) is 86.8 Å². The normalized spacial score (nSPS) is 12.2. The molecule has 0 aliphatic rings. The molecule has 7 nitrogen and oxygen atoms in total. The van der Waals surface area contributed by atoms with Crippen LogP contribution in [0.4, 0.5) is 5.69 Å². The summed E-state index contributed by atoms with van der Waals surface area (Å²) in [6.45, 7) is 5.15. The fourth-order valence-electron chi connectivity index (χ4n) is 3.79. The van der Waals surface area contributed by atoms with E-state index in [2.05, 4.69) is 5.32 Å². The van der Waals surface area contributed by atoms with Crippen LogP contribution in [0.3, 0.4) is 0 Å². The Kier molecular flexibility index (Phi) is 11.1. The molecule has 3 aromatic carbocycles. The number of nitrogens with one attached hydrogen (secondary N) is 1. The lowest BCUT2D eigenvalue weighted by molar-refractivity contribution is -0.139. The molecule has 3 rings (SSSR count). The van der Waals surface area contributed by atoms with Crippen molar-refractivity contribution >= 4 is 73.9 Å². The van der Waals surface area contributed by atoms with Crippen molar-refractivity contribution in [1.82, 2.24) is 10.2 Å². The summed E-state index contributed by atoms with van der Waals surface area (Å²) in [5, 5.41) is 3.87. The SMILES string of the molecule is CC(C)CNC(=O)C(C)N(Cc1ccc(Cl)cc1Cl)C(=O)CN(c1ccc(Cl)cc1Cl)S(=O)(=O)c1ccccc1. The monoisotopic (exact) mass is 643 g/mol. The number of benzene rings is 3. The van der Waals surface area contributed by atoms with Crippen LogP contribution >= 0.6 is 46.4 Å². The Balaban J connectivity index is 2.06. The lowest BCUT2D eigenvalue weighted by Gasteiger charge is -2.32. The molecule has 214 valence electrons. The van der Waals surface area contributed by atoms with E-state index in [0.29, 0.717) is 27.2 Å². The molecule has 0 saturated carbocycles. The molecular weight excluding hydrogens is 616 g/mol. The van der Waals surface area contributed by atoms with E-state index in [1.165, 1.54) is 41.3 Å². The minimum absolute atomic E-state index is 0.0369. The highest BCUT2D eigenvalue weighted by molar-refractivity contribution is 7.92. The van der Waals surface area contributed by atoms with Gasteiger partial charge >= 0.3 is 0 Å². The second-order valence-electron chi connectivity index (χ2n) is 9.49. The fourth-order valence-corrected chi connectivity index (χ4v) is 6.27. The van der Waals surface area contributed by atoms with Crippen molar-refractivity contribution in [3.63, 3.8) is 0 Å². The van der Waals surface area contributed by atoms with Gasteiger partial charge in [-0.05, 0) is 60.9 Å². The maximum absolute atomic E-state index is 14.0. The van der Waals surface area contributed by atoms with Gasteiger partial charge in [0.15, 0.2) is 0 Å². The number of rotatable bonds is 11. The Morgan fingerprint density at radius 1 is 0.850 bits per heavy atom. The molecular formula is C28H29Cl4N3O4S.